The number of carbonyl (C=O) groups excluding carboxylic acids is 2. The van der Waals surface area contributed by atoms with Gasteiger partial charge in [-0.05, 0) is 100 Å². The molecule has 0 aliphatic carbocycles. The minimum atomic E-state index is -0.580. The molecule has 1 radical (unpaired) electrons. The van der Waals surface area contributed by atoms with Gasteiger partial charge in [0.25, 0.3) is 0 Å². The maximum Gasteiger partial charge on any atom is 0.348 e. The van der Waals surface area contributed by atoms with Gasteiger partial charge in [-0.15, -0.1) is 0 Å². The van der Waals surface area contributed by atoms with Crippen molar-refractivity contribution in [2.75, 3.05) is 66.5 Å². The molecule has 0 N–H and O–H groups in total. The van der Waals surface area contributed by atoms with Crippen LogP contribution in [0.4, 0.5) is 0 Å². The smallest absolute Gasteiger partial charge is 0.348 e. The molecular formula is C49H61N2O4P4Re-. The Morgan fingerprint density at radius 3 is 1.03 bits per heavy atom. The number of rotatable bonds is 9. The molecule has 60 heavy (non-hydrogen) atoms. The van der Waals surface area contributed by atoms with E-state index in [4.69, 9.17) is 15.4 Å². The van der Waals surface area contributed by atoms with Crippen molar-refractivity contribution >= 4 is 76.8 Å². The number of ether oxygens (including phenoxy) is 2. The van der Waals surface area contributed by atoms with E-state index in [-0.39, 0.29) is 64.3 Å². The fourth-order valence-electron chi connectivity index (χ4n) is 4.20. The molecule has 0 spiro atoms. The molecule has 319 valence electrons. The first-order valence-electron chi connectivity index (χ1n) is 18.9. The first kappa shape index (κ1) is 58.2. The summed E-state index contributed by atoms with van der Waals surface area (Å²) < 4.78 is 9.10. The van der Waals surface area contributed by atoms with Crippen LogP contribution >= 0.6 is 31.7 Å². The summed E-state index contributed by atoms with van der Waals surface area (Å²) in [6.07, 6.45) is 2.33. The zero-order chi connectivity index (χ0) is 44.3. The average Bonchev–Trinajstić information content (AvgIpc) is 3.26. The van der Waals surface area contributed by atoms with E-state index in [0.29, 0.717) is 6.61 Å². The number of nitrogens with zero attached hydrogens (tertiary/aromatic N) is 2. The van der Waals surface area contributed by atoms with Crippen molar-refractivity contribution in [3.05, 3.63) is 174 Å². The molecule has 0 aliphatic heterocycles. The van der Waals surface area contributed by atoms with Gasteiger partial charge in [-0.3, -0.25) is 5.87 Å². The van der Waals surface area contributed by atoms with Gasteiger partial charge in [-0.1, -0.05) is 183 Å². The summed E-state index contributed by atoms with van der Waals surface area (Å²) >= 11 is 0. The first-order chi connectivity index (χ1) is 28.3. The molecule has 0 saturated heterocycles. The van der Waals surface area contributed by atoms with Crippen LogP contribution < -0.4 is 21.2 Å². The Labute approximate surface area is 380 Å². The van der Waals surface area contributed by atoms with Gasteiger partial charge in [0.2, 0.25) is 0 Å². The quantitative estimate of drug-likeness (QED) is 0.0482. The van der Waals surface area contributed by atoms with Crippen LogP contribution in [0, 0.1) is 11.3 Å². The number of hydrogen-bond acceptors (Lipinski definition) is 5. The van der Waals surface area contributed by atoms with Gasteiger partial charge in [-0.2, -0.15) is 5.26 Å². The minimum absolute atomic E-state index is 0. The van der Waals surface area contributed by atoms with Crippen molar-refractivity contribution in [1.29, 1.82) is 5.26 Å². The molecule has 0 heterocycles. The van der Waals surface area contributed by atoms with Crippen molar-refractivity contribution in [3.63, 3.8) is 0 Å². The van der Waals surface area contributed by atoms with Gasteiger partial charge in [-0.25, -0.2) is 9.59 Å². The topological polar surface area (TPSA) is 98.7 Å². The fourth-order valence-corrected chi connectivity index (χ4v) is 7.28. The average molecular weight is 1050 g/mol. The number of carbonyl (C=O) groups is 2. The summed E-state index contributed by atoms with van der Waals surface area (Å²) in [5, 5.41) is 22.5. The zero-order valence-corrected chi connectivity index (χ0v) is 43.0. The predicted molar refractivity (Wildman–Crippen MR) is 266 cm³/mol. The van der Waals surface area contributed by atoms with E-state index in [1.54, 1.807) is 19.7 Å². The number of benzene rings is 5. The monoisotopic (exact) mass is 1050 g/mol. The second-order valence-corrected chi connectivity index (χ2v) is 22.0. The normalized spacial score (nSPS) is 9.65. The van der Waals surface area contributed by atoms with E-state index in [1.807, 2.05) is 36.4 Å². The predicted octanol–water partition coefficient (Wildman–Crippen LogP) is 10.7. The van der Waals surface area contributed by atoms with Crippen molar-refractivity contribution < 1.29 is 39.5 Å². The van der Waals surface area contributed by atoms with Gasteiger partial charge in [0.1, 0.15) is 11.6 Å². The Morgan fingerprint density at radius 1 is 0.533 bits per heavy atom. The standard InChI is InChI=1S/C12H11NO2.4C8H11P.C5H6NO2.Re/c1-2-15-12(14)11(9-13)8-10-6-4-3-5-7-10;4*1-9(2)8-6-4-3-5-7-8;1-2-8-5(7)3-4-6;/h3-8H,2H2,1H3;4*3-7H,1-2H3;3H,2H2,1H3;/q;;;;;-1;/b11-8-;;;;;;. The molecule has 6 nitrogen and oxygen atoms in total. The summed E-state index contributed by atoms with van der Waals surface area (Å²) in [6.45, 7) is 22.1. The van der Waals surface area contributed by atoms with Gasteiger partial charge >= 0.3 is 11.9 Å². The third-order valence-electron chi connectivity index (χ3n) is 7.29. The Hall–Kier alpha value is -3.90. The molecule has 0 amide bonds. The molecule has 0 aliphatic rings. The van der Waals surface area contributed by atoms with Crippen molar-refractivity contribution in [2.24, 2.45) is 0 Å². The number of nitriles is 1. The molecule has 0 atom stereocenters. The Balaban J connectivity index is 0. The minimum Gasteiger partial charge on any atom is -0.763 e. The molecule has 0 bridgehead atoms. The van der Waals surface area contributed by atoms with Crippen LogP contribution in [-0.4, -0.2) is 84.3 Å². The van der Waals surface area contributed by atoms with Crippen LogP contribution in [0.3, 0.4) is 0 Å². The third-order valence-corrected chi connectivity index (χ3v) is 12.6. The largest absolute Gasteiger partial charge is 0.763 e. The SMILES string of the molecule is CCOC(=O)/C(C#N)=C\c1ccccc1.CCOC(=O)C=C=[N-].CP(C)c1ccccc1.CP(C)c1ccccc1.CP(C)c1ccccc1.CP(C)c1ccccc1.[Re]. The van der Waals surface area contributed by atoms with E-state index >= 15 is 0 Å². The molecule has 0 fully saturated rings. The van der Waals surface area contributed by atoms with Gasteiger partial charge in [0, 0.05) is 26.5 Å². The Kier molecular flexibility index (Phi) is 36.9. The molecular weight excluding hydrogens is 991 g/mol. The van der Waals surface area contributed by atoms with Gasteiger partial charge in [0.05, 0.1) is 13.2 Å². The van der Waals surface area contributed by atoms with Crippen molar-refractivity contribution in [2.45, 2.75) is 13.8 Å². The van der Waals surface area contributed by atoms with Crippen molar-refractivity contribution in [3.8, 4) is 6.07 Å². The summed E-state index contributed by atoms with van der Waals surface area (Å²) in [6, 6.07) is 53.5. The fraction of sp³-hybridized carbons (Fsp3) is 0.245. The van der Waals surface area contributed by atoms with Crippen LogP contribution in [0.5, 0.6) is 0 Å². The van der Waals surface area contributed by atoms with Crippen LogP contribution in [-0.2, 0) is 39.5 Å². The summed E-state index contributed by atoms with van der Waals surface area (Å²) in [4.78, 5) is 21.4. The Bertz CT molecular complexity index is 1760. The molecule has 5 rings (SSSR count). The molecule has 0 unspecified atom stereocenters. The van der Waals surface area contributed by atoms with Crippen molar-refractivity contribution in [1.82, 2.24) is 0 Å². The second-order valence-electron chi connectivity index (χ2n) is 12.7. The first-order valence-corrected chi connectivity index (χ1v) is 27.9. The maximum atomic E-state index is 11.3. The number of esters is 2. The molecule has 0 aromatic heterocycles. The van der Waals surface area contributed by atoms with Gasteiger partial charge < -0.3 is 14.9 Å². The van der Waals surface area contributed by atoms with Crippen LogP contribution in [0.2, 0.25) is 0 Å². The van der Waals surface area contributed by atoms with Gasteiger partial charge in [0.15, 0.2) is 0 Å². The molecule has 0 saturated carbocycles. The van der Waals surface area contributed by atoms with Crippen LogP contribution in [0.25, 0.3) is 11.5 Å². The second kappa shape index (κ2) is 38.1. The summed E-state index contributed by atoms with van der Waals surface area (Å²) in [7, 11) is 0.418. The van der Waals surface area contributed by atoms with Crippen LogP contribution in [0.1, 0.15) is 19.4 Å². The molecule has 5 aromatic rings. The van der Waals surface area contributed by atoms with E-state index < -0.39 is 11.9 Å². The summed E-state index contributed by atoms with van der Waals surface area (Å²) in [5.74, 6) is 0.399. The maximum absolute atomic E-state index is 11.3. The van der Waals surface area contributed by atoms with E-state index in [2.05, 4.69) is 179 Å². The zero-order valence-electron chi connectivity index (χ0n) is 36.7. The van der Waals surface area contributed by atoms with E-state index in [9.17, 15) is 9.59 Å². The summed E-state index contributed by atoms with van der Waals surface area (Å²) in [5.41, 5.74) is 0.824. The van der Waals surface area contributed by atoms with E-state index in [1.165, 1.54) is 27.3 Å². The van der Waals surface area contributed by atoms with E-state index in [0.717, 1.165) is 11.6 Å². The molecule has 5 aromatic carbocycles. The Morgan fingerprint density at radius 2 is 0.817 bits per heavy atom. The molecule has 11 heteroatoms. The third kappa shape index (κ3) is 30.2. The van der Waals surface area contributed by atoms with Crippen LogP contribution in [0.15, 0.2) is 163 Å². The number of hydrogen-bond donors (Lipinski definition) is 0.